The van der Waals surface area contributed by atoms with Crippen molar-refractivity contribution in [3.63, 3.8) is 0 Å². The third kappa shape index (κ3) is 14.8. The Bertz CT molecular complexity index is 828. The fourth-order valence-corrected chi connectivity index (χ4v) is 11.7. The van der Waals surface area contributed by atoms with Crippen molar-refractivity contribution in [1.29, 1.82) is 0 Å². The molecule has 0 saturated carbocycles. The van der Waals surface area contributed by atoms with Crippen molar-refractivity contribution in [2.45, 2.75) is 154 Å². The molecule has 0 fully saturated rings. The Labute approximate surface area is 248 Å². The Morgan fingerprint density at radius 1 is 0.667 bits per heavy atom. The molecule has 0 aromatic heterocycles. The van der Waals surface area contributed by atoms with E-state index in [1.165, 1.54) is 17.7 Å². The summed E-state index contributed by atoms with van der Waals surface area (Å²) in [5, 5.41) is 0.277. The first-order valence-electron chi connectivity index (χ1n) is 14.6. The van der Waals surface area contributed by atoms with Crippen molar-refractivity contribution in [3.8, 4) is 0 Å². The summed E-state index contributed by atoms with van der Waals surface area (Å²) in [7, 11) is -7.67. The number of thioether (sulfide) groups is 1. The van der Waals surface area contributed by atoms with Gasteiger partial charge in [0.1, 0.15) is 0 Å². The minimum Gasteiger partial charge on any atom is -0.305 e. The molecule has 0 aliphatic carbocycles. The maximum Gasteiger partial charge on any atom is 0.346 e. The summed E-state index contributed by atoms with van der Waals surface area (Å²) in [5.74, 6) is 0. The summed E-state index contributed by atoms with van der Waals surface area (Å²) in [4.78, 5) is 1.23. The Kier molecular flexibility index (Phi) is 17.8. The second-order valence-electron chi connectivity index (χ2n) is 11.2. The molecule has 0 N–H and O–H groups in total. The van der Waals surface area contributed by atoms with Crippen molar-refractivity contribution in [2.24, 2.45) is 0 Å². The normalized spacial score (nSPS) is 13.9. The molecule has 1 unspecified atom stereocenters. The van der Waals surface area contributed by atoms with Crippen molar-refractivity contribution in [3.05, 3.63) is 29.3 Å². The van der Waals surface area contributed by atoms with Gasteiger partial charge < -0.3 is 18.1 Å². The van der Waals surface area contributed by atoms with E-state index in [9.17, 15) is 9.13 Å². The first-order valence-corrected chi connectivity index (χ1v) is 19.0. The van der Waals surface area contributed by atoms with Gasteiger partial charge in [-0.2, -0.15) is 0 Å². The highest BCUT2D eigenvalue weighted by atomic mass is 35.5. The zero-order valence-electron chi connectivity index (χ0n) is 25.6. The van der Waals surface area contributed by atoms with Gasteiger partial charge >= 0.3 is 15.2 Å². The molecule has 1 aromatic carbocycles. The zero-order valence-corrected chi connectivity index (χ0v) is 28.9. The van der Waals surface area contributed by atoms with Crippen LogP contribution in [0.3, 0.4) is 0 Å². The van der Waals surface area contributed by atoms with Crippen molar-refractivity contribution in [1.82, 2.24) is 0 Å². The minimum absolute atomic E-state index is 0.368. The molecule has 6 nitrogen and oxygen atoms in total. The predicted molar refractivity (Wildman–Crippen MR) is 168 cm³/mol. The molecule has 0 saturated heterocycles. The minimum atomic E-state index is -3.84. The van der Waals surface area contributed by atoms with Crippen LogP contribution in [0, 0.1) is 0 Å². The molecule has 0 aliphatic heterocycles. The fraction of sp³-hybridized carbons (Fsp3) is 0.793. The monoisotopic (exact) mass is 626 g/mol. The topological polar surface area (TPSA) is 71.1 Å². The molecule has 1 rings (SSSR count). The highest BCUT2D eigenvalue weighted by Crippen LogP contribution is 2.73. The number of benzene rings is 1. The van der Waals surface area contributed by atoms with Crippen LogP contribution in [0.15, 0.2) is 29.2 Å². The largest absolute Gasteiger partial charge is 0.346 e. The molecule has 0 heterocycles. The maximum atomic E-state index is 14.3. The highest BCUT2D eigenvalue weighted by molar-refractivity contribution is 8.00. The summed E-state index contributed by atoms with van der Waals surface area (Å²) in [5.41, 5.74) is 0. The second kappa shape index (κ2) is 18.6. The summed E-state index contributed by atoms with van der Waals surface area (Å²) in [6, 6.07) is 8.04. The van der Waals surface area contributed by atoms with Crippen LogP contribution in [0.5, 0.6) is 0 Å². The van der Waals surface area contributed by atoms with Crippen LogP contribution in [0.25, 0.3) is 0 Å². The molecule has 0 spiro atoms. The summed E-state index contributed by atoms with van der Waals surface area (Å²) in [6.07, 6.45) is 6.14. The third-order valence-corrected chi connectivity index (χ3v) is 13.8. The van der Waals surface area contributed by atoms with Gasteiger partial charge in [-0.3, -0.25) is 9.13 Å². The van der Waals surface area contributed by atoms with Crippen LogP contribution in [0.1, 0.15) is 114 Å². The van der Waals surface area contributed by atoms with Gasteiger partial charge in [0.15, 0.2) is 5.40 Å². The van der Waals surface area contributed by atoms with Gasteiger partial charge in [-0.1, -0.05) is 50.6 Å². The lowest BCUT2D eigenvalue weighted by molar-refractivity contribution is 0.121. The molecule has 0 aliphatic rings. The number of halogens is 1. The SMILES string of the molecule is CCCCC(CCCCCC(P(=O)(OC(C)C)OC(C)C)P(=O)(OC(C)C)OC(C)C)Sc1ccc(Cl)cc1. The maximum absolute atomic E-state index is 14.3. The number of hydrogen-bond acceptors (Lipinski definition) is 7. The Balaban J connectivity index is 3.04. The second-order valence-corrected chi connectivity index (χ2v) is 17.6. The highest BCUT2D eigenvalue weighted by Gasteiger charge is 2.52. The van der Waals surface area contributed by atoms with E-state index in [1.54, 1.807) is 55.4 Å². The van der Waals surface area contributed by atoms with Crippen LogP contribution < -0.4 is 0 Å². The fourth-order valence-electron chi connectivity index (χ4n) is 4.27. The van der Waals surface area contributed by atoms with Crippen molar-refractivity contribution in [2.75, 3.05) is 0 Å². The standard InChI is InChI=1S/C29H53ClO6P2S/c1-10-11-15-27(39-28-20-18-26(30)19-21-28)16-13-12-14-17-29(37(31,33-22(2)3)34-23(4)5)38(32,35-24(6)7)36-25(8)9/h18-25,27,29H,10-17H2,1-9H3. The molecular weight excluding hydrogens is 574 g/mol. The van der Waals surface area contributed by atoms with E-state index in [-0.39, 0.29) is 24.4 Å². The van der Waals surface area contributed by atoms with E-state index in [1.807, 2.05) is 23.9 Å². The average molecular weight is 627 g/mol. The van der Waals surface area contributed by atoms with Crippen molar-refractivity contribution < 1.29 is 27.2 Å². The smallest absolute Gasteiger partial charge is 0.305 e. The Morgan fingerprint density at radius 3 is 1.49 bits per heavy atom. The van der Waals surface area contributed by atoms with E-state index >= 15 is 0 Å². The first-order chi connectivity index (χ1) is 18.2. The summed E-state index contributed by atoms with van der Waals surface area (Å²) in [6.45, 7) is 16.7. The average Bonchev–Trinajstić information content (AvgIpc) is 2.78. The van der Waals surface area contributed by atoms with E-state index in [2.05, 4.69) is 19.1 Å². The summed E-state index contributed by atoms with van der Waals surface area (Å²) >= 11 is 7.98. The molecule has 10 heteroatoms. The molecule has 1 atom stereocenters. The van der Waals surface area contributed by atoms with Gasteiger partial charge in [0.2, 0.25) is 0 Å². The van der Waals surface area contributed by atoms with E-state index < -0.39 is 20.6 Å². The van der Waals surface area contributed by atoms with Crippen molar-refractivity contribution >= 4 is 38.6 Å². The zero-order chi connectivity index (χ0) is 29.6. The van der Waals surface area contributed by atoms with Crippen LogP contribution in [-0.2, 0) is 27.2 Å². The van der Waals surface area contributed by atoms with Gasteiger partial charge in [0.25, 0.3) is 0 Å². The van der Waals surface area contributed by atoms with E-state index in [4.69, 9.17) is 29.7 Å². The summed E-state index contributed by atoms with van der Waals surface area (Å²) < 4.78 is 52.2. The Morgan fingerprint density at radius 2 is 1.08 bits per heavy atom. The van der Waals surface area contributed by atoms with Gasteiger partial charge in [-0.15, -0.1) is 11.8 Å². The van der Waals surface area contributed by atoms with Crippen LogP contribution in [0.2, 0.25) is 5.02 Å². The molecule has 228 valence electrons. The lowest BCUT2D eigenvalue weighted by Gasteiger charge is -2.35. The molecular formula is C29H53ClO6P2S. The molecule has 1 aromatic rings. The van der Waals surface area contributed by atoms with E-state index in [0.29, 0.717) is 11.7 Å². The molecule has 0 amide bonds. The first kappa shape index (κ1) is 37.2. The Hall–Kier alpha value is 0.160. The lowest BCUT2D eigenvalue weighted by Crippen LogP contribution is -2.23. The van der Waals surface area contributed by atoms with Gasteiger partial charge in [-0.25, -0.2) is 0 Å². The molecule has 0 radical (unpaired) electrons. The van der Waals surface area contributed by atoms with Gasteiger partial charge in [0.05, 0.1) is 24.4 Å². The molecule has 0 bridgehead atoms. The predicted octanol–water partition coefficient (Wildman–Crippen LogP) is 11.4. The van der Waals surface area contributed by atoms with Crippen LogP contribution in [0.4, 0.5) is 0 Å². The quantitative estimate of drug-likeness (QED) is 0.0763. The molecule has 39 heavy (non-hydrogen) atoms. The van der Waals surface area contributed by atoms with Crippen LogP contribution in [-0.4, -0.2) is 35.1 Å². The van der Waals surface area contributed by atoms with Crippen LogP contribution >= 0.6 is 38.6 Å². The van der Waals surface area contributed by atoms with Gasteiger partial charge in [-0.05, 0) is 98.9 Å². The number of unbranched alkanes of at least 4 members (excludes halogenated alkanes) is 3. The third-order valence-electron chi connectivity index (χ3n) is 5.65. The van der Waals surface area contributed by atoms with E-state index in [0.717, 1.165) is 37.1 Å². The number of rotatable bonds is 21. The lowest BCUT2D eigenvalue weighted by atomic mass is 10.1. The number of hydrogen-bond donors (Lipinski definition) is 0. The van der Waals surface area contributed by atoms with Gasteiger partial charge in [0, 0.05) is 15.2 Å².